The number of aliphatic carboxylic acids is 1. The van der Waals surface area contributed by atoms with Crippen molar-refractivity contribution in [3.8, 4) is 0 Å². The van der Waals surface area contributed by atoms with Crippen molar-refractivity contribution in [3.63, 3.8) is 0 Å². The molecule has 1 fully saturated rings. The molecule has 1 heterocycles. The standard InChI is InChI=1S/C10H21N3O2/c1-13-5-3-8(7-13)6-12-4-2-9(11)10(14)15/h8-9,12H,2-7,11H2,1H3,(H,14,15). The lowest BCUT2D eigenvalue weighted by Crippen LogP contribution is -2.35. The molecule has 0 aliphatic carbocycles. The van der Waals surface area contributed by atoms with Gasteiger partial charge >= 0.3 is 5.97 Å². The van der Waals surface area contributed by atoms with Crippen molar-refractivity contribution in [2.24, 2.45) is 11.7 Å². The topological polar surface area (TPSA) is 78.6 Å². The van der Waals surface area contributed by atoms with E-state index in [-0.39, 0.29) is 0 Å². The quantitative estimate of drug-likeness (QED) is 0.512. The number of carboxylic acids is 1. The Hall–Kier alpha value is -0.650. The van der Waals surface area contributed by atoms with Crippen LogP contribution in [0.3, 0.4) is 0 Å². The van der Waals surface area contributed by atoms with Crippen LogP contribution in [-0.2, 0) is 4.79 Å². The summed E-state index contributed by atoms with van der Waals surface area (Å²) in [6, 6.07) is -0.733. The highest BCUT2D eigenvalue weighted by Gasteiger charge is 2.18. The van der Waals surface area contributed by atoms with Gasteiger partial charge in [0.2, 0.25) is 0 Å². The lowest BCUT2D eigenvalue weighted by molar-refractivity contribution is -0.138. The summed E-state index contributed by atoms with van der Waals surface area (Å²) in [5.74, 6) is -0.214. The van der Waals surface area contributed by atoms with E-state index in [2.05, 4.69) is 17.3 Å². The zero-order chi connectivity index (χ0) is 11.3. The number of carbonyl (C=O) groups is 1. The number of rotatable bonds is 6. The molecular formula is C10H21N3O2. The number of hydrogen-bond acceptors (Lipinski definition) is 4. The minimum atomic E-state index is -0.919. The van der Waals surface area contributed by atoms with Crippen molar-refractivity contribution >= 4 is 5.97 Å². The predicted octanol–water partition coefficient (Wildman–Crippen LogP) is -0.670. The van der Waals surface area contributed by atoms with Gasteiger partial charge in [0.1, 0.15) is 6.04 Å². The Morgan fingerprint density at radius 1 is 1.73 bits per heavy atom. The van der Waals surface area contributed by atoms with E-state index in [1.165, 1.54) is 13.0 Å². The van der Waals surface area contributed by atoms with Gasteiger partial charge in [-0.15, -0.1) is 0 Å². The minimum absolute atomic E-state index is 0.498. The van der Waals surface area contributed by atoms with Gasteiger partial charge in [-0.3, -0.25) is 4.79 Å². The van der Waals surface area contributed by atoms with Gasteiger partial charge in [0.25, 0.3) is 0 Å². The Morgan fingerprint density at radius 3 is 3.00 bits per heavy atom. The summed E-state index contributed by atoms with van der Waals surface area (Å²) in [6.07, 6.45) is 1.73. The average Bonchev–Trinajstić information content (AvgIpc) is 2.58. The van der Waals surface area contributed by atoms with Gasteiger partial charge in [0, 0.05) is 6.54 Å². The van der Waals surface area contributed by atoms with Crippen LogP contribution in [0.5, 0.6) is 0 Å². The van der Waals surface area contributed by atoms with E-state index in [0.717, 1.165) is 13.1 Å². The lowest BCUT2D eigenvalue weighted by atomic mass is 10.1. The van der Waals surface area contributed by atoms with E-state index >= 15 is 0 Å². The van der Waals surface area contributed by atoms with Crippen LogP contribution in [0.25, 0.3) is 0 Å². The second kappa shape index (κ2) is 6.05. The maximum absolute atomic E-state index is 10.4. The van der Waals surface area contributed by atoms with Crippen LogP contribution < -0.4 is 11.1 Å². The molecule has 0 spiro atoms. The summed E-state index contributed by atoms with van der Waals surface area (Å²) in [5.41, 5.74) is 5.39. The van der Waals surface area contributed by atoms with Crippen LogP contribution in [0.2, 0.25) is 0 Å². The molecule has 15 heavy (non-hydrogen) atoms. The molecule has 0 aromatic heterocycles. The molecule has 1 aliphatic heterocycles. The predicted molar refractivity (Wildman–Crippen MR) is 58.7 cm³/mol. The minimum Gasteiger partial charge on any atom is -0.480 e. The lowest BCUT2D eigenvalue weighted by Gasteiger charge is -2.12. The smallest absolute Gasteiger partial charge is 0.320 e. The first-order chi connectivity index (χ1) is 7.09. The summed E-state index contributed by atoms with van der Waals surface area (Å²) in [7, 11) is 2.13. The van der Waals surface area contributed by atoms with Crippen molar-refractivity contribution in [2.45, 2.75) is 18.9 Å². The Morgan fingerprint density at radius 2 is 2.47 bits per heavy atom. The fraction of sp³-hybridized carbons (Fsp3) is 0.900. The molecule has 2 atom stereocenters. The van der Waals surface area contributed by atoms with E-state index in [4.69, 9.17) is 10.8 Å². The van der Waals surface area contributed by atoms with E-state index in [0.29, 0.717) is 18.9 Å². The zero-order valence-corrected chi connectivity index (χ0v) is 9.28. The highest BCUT2D eigenvalue weighted by atomic mass is 16.4. The molecule has 0 amide bonds. The third kappa shape index (κ3) is 4.59. The first kappa shape index (κ1) is 12.4. The molecule has 2 unspecified atom stereocenters. The SMILES string of the molecule is CN1CCC(CNCCC(N)C(=O)O)C1. The largest absolute Gasteiger partial charge is 0.480 e. The van der Waals surface area contributed by atoms with Crippen LogP contribution in [0, 0.1) is 5.92 Å². The van der Waals surface area contributed by atoms with Gasteiger partial charge in [-0.2, -0.15) is 0 Å². The highest BCUT2D eigenvalue weighted by Crippen LogP contribution is 2.12. The van der Waals surface area contributed by atoms with Crippen molar-refractivity contribution in [2.75, 3.05) is 33.2 Å². The van der Waals surface area contributed by atoms with Crippen LogP contribution in [-0.4, -0.2) is 55.2 Å². The van der Waals surface area contributed by atoms with Gasteiger partial charge in [-0.05, 0) is 45.4 Å². The first-order valence-corrected chi connectivity index (χ1v) is 5.47. The summed E-state index contributed by atoms with van der Waals surface area (Å²) in [6.45, 7) is 3.96. The van der Waals surface area contributed by atoms with Crippen molar-refractivity contribution in [1.82, 2.24) is 10.2 Å². The average molecular weight is 215 g/mol. The molecule has 1 saturated heterocycles. The van der Waals surface area contributed by atoms with Gasteiger partial charge in [-0.25, -0.2) is 0 Å². The van der Waals surface area contributed by atoms with Crippen molar-refractivity contribution < 1.29 is 9.90 Å². The van der Waals surface area contributed by atoms with Crippen LogP contribution in [0.15, 0.2) is 0 Å². The number of nitrogens with one attached hydrogen (secondary N) is 1. The van der Waals surface area contributed by atoms with Crippen LogP contribution in [0.4, 0.5) is 0 Å². The number of nitrogens with zero attached hydrogens (tertiary/aromatic N) is 1. The second-order valence-corrected chi connectivity index (χ2v) is 4.35. The summed E-state index contributed by atoms with van der Waals surface area (Å²) >= 11 is 0. The molecule has 0 aromatic rings. The maximum Gasteiger partial charge on any atom is 0.320 e. The Labute approximate surface area is 90.6 Å². The van der Waals surface area contributed by atoms with Crippen molar-refractivity contribution in [3.05, 3.63) is 0 Å². The Balaban J connectivity index is 2.00. The monoisotopic (exact) mass is 215 g/mol. The third-order valence-corrected chi connectivity index (χ3v) is 2.87. The number of hydrogen-bond donors (Lipinski definition) is 3. The summed E-state index contributed by atoms with van der Waals surface area (Å²) in [5, 5.41) is 11.8. The maximum atomic E-state index is 10.4. The van der Waals surface area contributed by atoms with Gasteiger partial charge < -0.3 is 21.1 Å². The van der Waals surface area contributed by atoms with E-state index < -0.39 is 12.0 Å². The molecule has 1 aliphatic rings. The molecule has 0 radical (unpaired) electrons. The molecule has 5 nitrogen and oxygen atoms in total. The molecular weight excluding hydrogens is 194 g/mol. The molecule has 4 N–H and O–H groups in total. The third-order valence-electron chi connectivity index (χ3n) is 2.87. The molecule has 88 valence electrons. The zero-order valence-electron chi connectivity index (χ0n) is 9.28. The molecule has 0 bridgehead atoms. The van der Waals surface area contributed by atoms with E-state index in [9.17, 15) is 4.79 Å². The highest BCUT2D eigenvalue weighted by molar-refractivity contribution is 5.72. The molecule has 1 rings (SSSR count). The van der Waals surface area contributed by atoms with Crippen LogP contribution >= 0.6 is 0 Å². The number of likely N-dealkylation sites (tertiary alicyclic amines) is 1. The Kier molecular flexibility index (Phi) is 5.01. The van der Waals surface area contributed by atoms with Gasteiger partial charge in [0.15, 0.2) is 0 Å². The first-order valence-electron chi connectivity index (χ1n) is 5.47. The Bertz CT molecular complexity index is 211. The second-order valence-electron chi connectivity index (χ2n) is 4.35. The van der Waals surface area contributed by atoms with Gasteiger partial charge in [0.05, 0.1) is 0 Å². The van der Waals surface area contributed by atoms with E-state index in [1.54, 1.807) is 0 Å². The molecule has 0 aromatic carbocycles. The fourth-order valence-corrected chi connectivity index (χ4v) is 1.88. The molecule has 5 heteroatoms. The number of carboxylic acid groups (broad SMARTS) is 1. The summed E-state index contributed by atoms with van der Waals surface area (Å²) < 4.78 is 0. The van der Waals surface area contributed by atoms with Gasteiger partial charge in [-0.1, -0.05) is 0 Å². The van der Waals surface area contributed by atoms with Crippen LogP contribution in [0.1, 0.15) is 12.8 Å². The number of nitrogens with two attached hydrogens (primary N) is 1. The summed E-state index contributed by atoms with van der Waals surface area (Å²) in [4.78, 5) is 12.7. The van der Waals surface area contributed by atoms with Crippen molar-refractivity contribution in [1.29, 1.82) is 0 Å². The fourth-order valence-electron chi connectivity index (χ4n) is 1.88. The molecule has 0 saturated carbocycles. The normalized spacial score (nSPS) is 24.3. The van der Waals surface area contributed by atoms with E-state index in [1.807, 2.05) is 0 Å².